The molecule has 0 aliphatic carbocycles. The zero-order valence-electron chi connectivity index (χ0n) is 12.6. The lowest BCUT2D eigenvalue weighted by Gasteiger charge is -2.29. The van der Waals surface area contributed by atoms with Crippen LogP contribution in [0.1, 0.15) is 24.4 Å². The molecule has 2 aromatic rings. The van der Waals surface area contributed by atoms with Crippen molar-refractivity contribution >= 4 is 23.0 Å². The number of nitrogens with zero attached hydrogens (tertiary/aromatic N) is 2. The summed E-state index contributed by atoms with van der Waals surface area (Å²) in [6.45, 7) is 1.54. The molecule has 0 bridgehead atoms. The smallest absolute Gasteiger partial charge is 0.140 e. The molecule has 1 unspecified atom stereocenters. The molecule has 0 radical (unpaired) electrons. The van der Waals surface area contributed by atoms with Crippen molar-refractivity contribution in [1.29, 1.82) is 0 Å². The van der Waals surface area contributed by atoms with Gasteiger partial charge in [0.2, 0.25) is 0 Å². The lowest BCUT2D eigenvalue weighted by atomic mass is 9.88. The van der Waals surface area contributed by atoms with Crippen molar-refractivity contribution in [3.63, 3.8) is 0 Å². The maximum atomic E-state index is 10.4. The number of hydrogen-bond donors (Lipinski definition) is 2. The van der Waals surface area contributed by atoms with E-state index in [1.54, 1.807) is 6.20 Å². The normalized spacial score (nSPS) is 21.4. The number of hydrazine groups is 1. The number of aromatic hydroxyl groups is 1. The molecule has 0 saturated carbocycles. The number of nitrogens with one attached hydrogen (secondary N) is 1. The van der Waals surface area contributed by atoms with Gasteiger partial charge < -0.3 is 9.84 Å². The Morgan fingerprint density at radius 2 is 1.91 bits per heavy atom. The van der Waals surface area contributed by atoms with Crippen molar-refractivity contribution in [3.8, 4) is 5.75 Å². The summed E-state index contributed by atoms with van der Waals surface area (Å²) >= 11 is 5.99. The third-order valence-electron chi connectivity index (χ3n) is 4.59. The summed E-state index contributed by atoms with van der Waals surface area (Å²) in [5, 5.41) is 13.0. The van der Waals surface area contributed by atoms with Gasteiger partial charge in [-0.25, -0.2) is 5.43 Å². The van der Waals surface area contributed by atoms with Crippen LogP contribution in [0.5, 0.6) is 5.75 Å². The van der Waals surface area contributed by atoms with Crippen molar-refractivity contribution in [2.75, 3.05) is 18.2 Å². The van der Waals surface area contributed by atoms with E-state index >= 15 is 0 Å². The fourth-order valence-electron chi connectivity index (χ4n) is 3.41. The van der Waals surface area contributed by atoms with Gasteiger partial charge in [0.05, 0.1) is 29.8 Å². The lowest BCUT2D eigenvalue weighted by Crippen LogP contribution is -2.35. The van der Waals surface area contributed by atoms with Crippen LogP contribution in [0.25, 0.3) is 0 Å². The van der Waals surface area contributed by atoms with Gasteiger partial charge in [-0.1, -0.05) is 11.6 Å². The van der Waals surface area contributed by atoms with Crippen LogP contribution in [0.15, 0.2) is 36.7 Å². The summed E-state index contributed by atoms with van der Waals surface area (Å²) in [5.41, 5.74) is 6.32. The van der Waals surface area contributed by atoms with E-state index in [4.69, 9.17) is 16.3 Å². The van der Waals surface area contributed by atoms with Crippen LogP contribution in [0.4, 0.5) is 11.4 Å². The van der Waals surface area contributed by atoms with Gasteiger partial charge >= 0.3 is 0 Å². The minimum atomic E-state index is 0.0626. The minimum Gasteiger partial charge on any atom is -0.506 e. The number of fused-ring (bicyclic) bond motifs is 1. The average Bonchev–Trinajstić information content (AvgIpc) is 2.97. The highest BCUT2D eigenvalue weighted by Crippen LogP contribution is 2.46. The fourth-order valence-corrected chi connectivity index (χ4v) is 3.54. The molecule has 5 nitrogen and oxygen atoms in total. The Labute approximate surface area is 139 Å². The Bertz CT molecular complexity index is 701. The molecule has 1 aromatic heterocycles. The molecule has 0 amide bonds. The van der Waals surface area contributed by atoms with E-state index in [1.165, 1.54) is 6.20 Å². The molecule has 1 saturated heterocycles. The van der Waals surface area contributed by atoms with Crippen LogP contribution in [0.2, 0.25) is 5.02 Å². The third-order valence-corrected chi connectivity index (χ3v) is 4.84. The van der Waals surface area contributed by atoms with E-state index in [0.29, 0.717) is 10.9 Å². The molecule has 23 heavy (non-hydrogen) atoms. The van der Waals surface area contributed by atoms with Gasteiger partial charge in [0.1, 0.15) is 5.75 Å². The number of benzene rings is 1. The van der Waals surface area contributed by atoms with Gasteiger partial charge in [0.25, 0.3) is 0 Å². The molecule has 1 aromatic carbocycles. The van der Waals surface area contributed by atoms with Crippen LogP contribution in [-0.4, -0.2) is 23.3 Å². The summed E-state index contributed by atoms with van der Waals surface area (Å²) in [5.74, 6) is 0.663. The maximum Gasteiger partial charge on any atom is 0.140 e. The van der Waals surface area contributed by atoms with Crippen LogP contribution in [0, 0.1) is 5.92 Å². The Kier molecular flexibility index (Phi) is 3.85. The van der Waals surface area contributed by atoms with E-state index in [2.05, 4.69) is 10.4 Å². The first kappa shape index (κ1) is 14.8. The number of hydrogen-bond acceptors (Lipinski definition) is 5. The predicted molar refractivity (Wildman–Crippen MR) is 88.9 cm³/mol. The van der Waals surface area contributed by atoms with Crippen molar-refractivity contribution in [2.24, 2.45) is 5.92 Å². The predicted octanol–water partition coefficient (Wildman–Crippen LogP) is 3.56. The Hall–Kier alpha value is -1.82. The highest BCUT2D eigenvalue weighted by atomic mass is 35.5. The van der Waals surface area contributed by atoms with Crippen molar-refractivity contribution in [2.45, 2.75) is 18.9 Å². The minimum absolute atomic E-state index is 0.0626. The number of ether oxygens (including phenoxy) is 1. The maximum absolute atomic E-state index is 10.4. The zero-order chi connectivity index (χ0) is 15.8. The second kappa shape index (κ2) is 6.00. The number of aromatic nitrogens is 1. The molecule has 4 rings (SSSR count). The molecule has 0 spiro atoms. The van der Waals surface area contributed by atoms with Gasteiger partial charge in [-0.15, -0.1) is 0 Å². The van der Waals surface area contributed by atoms with E-state index in [1.807, 2.05) is 29.3 Å². The number of rotatable bonds is 2. The topological polar surface area (TPSA) is 57.6 Å². The van der Waals surface area contributed by atoms with Gasteiger partial charge in [-0.2, -0.15) is 0 Å². The first-order valence-corrected chi connectivity index (χ1v) is 8.18. The van der Waals surface area contributed by atoms with Gasteiger partial charge in [-0.05, 0) is 43.0 Å². The highest BCUT2D eigenvalue weighted by Gasteiger charge is 2.37. The fraction of sp³-hybridized carbons (Fsp3) is 0.353. The largest absolute Gasteiger partial charge is 0.506 e. The third kappa shape index (κ3) is 2.65. The summed E-state index contributed by atoms with van der Waals surface area (Å²) in [6, 6.07) is 7.69. The molecule has 2 N–H and O–H groups in total. The Morgan fingerprint density at radius 1 is 1.17 bits per heavy atom. The number of anilines is 2. The molecular weight excluding hydrogens is 314 g/mol. The molecule has 2 aliphatic rings. The van der Waals surface area contributed by atoms with E-state index in [-0.39, 0.29) is 11.8 Å². The number of halogens is 1. The molecule has 1 fully saturated rings. The van der Waals surface area contributed by atoms with Gasteiger partial charge in [0.15, 0.2) is 0 Å². The highest BCUT2D eigenvalue weighted by molar-refractivity contribution is 6.30. The van der Waals surface area contributed by atoms with Crippen LogP contribution in [0.3, 0.4) is 0 Å². The van der Waals surface area contributed by atoms with Crippen LogP contribution >= 0.6 is 11.6 Å². The van der Waals surface area contributed by atoms with Crippen LogP contribution in [-0.2, 0) is 4.74 Å². The van der Waals surface area contributed by atoms with Crippen molar-refractivity contribution in [1.82, 2.24) is 10.4 Å². The standard InChI is InChI=1S/C17H18ClN3O2/c18-12-1-3-13(4-2-12)21-14-9-19-10-15(22)16(14)17(20-21)11-5-7-23-8-6-11/h1-4,9-11,17,20,22H,5-8H2. The summed E-state index contributed by atoms with van der Waals surface area (Å²) in [4.78, 5) is 4.15. The van der Waals surface area contributed by atoms with Gasteiger partial charge in [0, 0.05) is 23.8 Å². The molecule has 6 heteroatoms. The average molecular weight is 332 g/mol. The van der Waals surface area contributed by atoms with E-state index < -0.39 is 0 Å². The Balaban J connectivity index is 1.73. The molecule has 1 atom stereocenters. The Morgan fingerprint density at radius 3 is 2.65 bits per heavy atom. The van der Waals surface area contributed by atoms with Gasteiger partial charge in [-0.3, -0.25) is 9.99 Å². The number of pyridine rings is 1. The second-order valence-corrected chi connectivity index (χ2v) is 6.40. The SMILES string of the molecule is Oc1cncc2c1C(C1CCOCC1)NN2c1ccc(Cl)cc1. The lowest BCUT2D eigenvalue weighted by molar-refractivity contribution is 0.0547. The first-order valence-electron chi connectivity index (χ1n) is 7.80. The zero-order valence-corrected chi connectivity index (χ0v) is 13.3. The van der Waals surface area contributed by atoms with Crippen molar-refractivity contribution < 1.29 is 9.84 Å². The van der Waals surface area contributed by atoms with Crippen LogP contribution < -0.4 is 10.4 Å². The quantitative estimate of drug-likeness (QED) is 0.881. The van der Waals surface area contributed by atoms with E-state index in [9.17, 15) is 5.11 Å². The molecular formula is C17H18ClN3O2. The van der Waals surface area contributed by atoms with Crippen molar-refractivity contribution in [3.05, 3.63) is 47.2 Å². The molecule has 3 heterocycles. The first-order chi connectivity index (χ1) is 11.2. The summed E-state index contributed by atoms with van der Waals surface area (Å²) in [7, 11) is 0. The molecule has 2 aliphatic heterocycles. The summed E-state index contributed by atoms with van der Waals surface area (Å²) < 4.78 is 5.47. The van der Waals surface area contributed by atoms with E-state index in [0.717, 1.165) is 43.0 Å². The summed E-state index contributed by atoms with van der Waals surface area (Å²) in [6.07, 6.45) is 5.26. The monoisotopic (exact) mass is 331 g/mol. The molecule has 120 valence electrons. The second-order valence-electron chi connectivity index (χ2n) is 5.96.